The molecule has 2 aromatic carbocycles. The van der Waals surface area contributed by atoms with E-state index in [0.717, 1.165) is 22.4 Å². The van der Waals surface area contributed by atoms with Crippen LogP contribution in [0.4, 0.5) is 5.13 Å². The van der Waals surface area contributed by atoms with Crippen LogP contribution in [0.1, 0.15) is 33.5 Å². The molecular formula is C23H21N3O3S. The van der Waals surface area contributed by atoms with E-state index in [9.17, 15) is 14.4 Å². The molecule has 0 radical (unpaired) electrons. The van der Waals surface area contributed by atoms with Gasteiger partial charge in [-0.2, -0.15) is 0 Å². The molecule has 152 valence electrons. The van der Waals surface area contributed by atoms with Crippen molar-refractivity contribution in [2.24, 2.45) is 5.92 Å². The normalized spacial score (nSPS) is 15.9. The maximum atomic E-state index is 12.6. The highest BCUT2D eigenvalue weighted by atomic mass is 32.1. The van der Waals surface area contributed by atoms with E-state index in [0.29, 0.717) is 17.1 Å². The first kappa shape index (κ1) is 20.0. The molecule has 3 amide bonds. The summed E-state index contributed by atoms with van der Waals surface area (Å²) < 4.78 is 0. The minimum Gasteiger partial charge on any atom is -0.298 e. The molecule has 4 rings (SSSR count). The number of aryl methyl sites for hydroxylation is 2. The lowest BCUT2D eigenvalue weighted by atomic mass is 9.97. The molecule has 1 aromatic heterocycles. The van der Waals surface area contributed by atoms with Gasteiger partial charge < -0.3 is 0 Å². The number of carbonyl (C=O) groups is 3. The molecule has 0 aliphatic carbocycles. The second kappa shape index (κ2) is 8.20. The lowest BCUT2D eigenvalue weighted by Gasteiger charge is -2.07. The number of amides is 3. The van der Waals surface area contributed by atoms with Crippen molar-refractivity contribution >= 4 is 34.2 Å². The number of rotatable bonds is 5. The van der Waals surface area contributed by atoms with Crippen molar-refractivity contribution in [3.63, 3.8) is 0 Å². The van der Waals surface area contributed by atoms with E-state index in [2.05, 4.69) is 28.6 Å². The molecule has 0 unspecified atom stereocenters. The standard InChI is InChI=1S/C23H21N3O3S/c1-13-3-8-18(14(2)9-13)19-12-30-23(24-19)26-21(28)16-6-4-15(5-7-16)10-17-11-20(27)25-22(17)29/h3-9,12,17H,10-11H2,1-2H3,(H,24,26,28)(H,25,27,29)/t17-/m0/s1. The first-order valence-electron chi connectivity index (χ1n) is 9.66. The number of nitrogens with zero attached hydrogens (tertiary/aromatic N) is 1. The second-order valence-corrected chi connectivity index (χ2v) is 8.38. The number of imide groups is 1. The molecule has 0 spiro atoms. The van der Waals surface area contributed by atoms with Gasteiger partial charge in [0.2, 0.25) is 11.8 Å². The van der Waals surface area contributed by atoms with Crippen LogP contribution in [0.3, 0.4) is 0 Å². The summed E-state index contributed by atoms with van der Waals surface area (Å²) in [6.45, 7) is 4.10. The van der Waals surface area contributed by atoms with Gasteiger partial charge in [0.1, 0.15) is 0 Å². The van der Waals surface area contributed by atoms with Crippen LogP contribution in [0.25, 0.3) is 11.3 Å². The zero-order valence-corrected chi connectivity index (χ0v) is 17.5. The summed E-state index contributed by atoms with van der Waals surface area (Å²) in [5.41, 5.74) is 5.65. The Morgan fingerprint density at radius 1 is 1.17 bits per heavy atom. The van der Waals surface area contributed by atoms with Crippen LogP contribution in [0, 0.1) is 19.8 Å². The van der Waals surface area contributed by atoms with Gasteiger partial charge in [0, 0.05) is 22.9 Å². The van der Waals surface area contributed by atoms with Crippen molar-refractivity contribution in [1.29, 1.82) is 0 Å². The molecule has 0 bridgehead atoms. The predicted octanol–water partition coefficient (Wildman–Crippen LogP) is 3.88. The Hall–Kier alpha value is -3.32. The molecular weight excluding hydrogens is 398 g/mol. The summed E-state index contributed by atoms with van der Waals surface area (Å²) >= 11 is 1.39. The van der Waals surface area contributed by atoms with Crippen molar-refractivity contribution in [2.45, 2.75) is 26.7 Å². The predicted molar refractivity (Wildman–Crippen MR) is 116 cm³/mol. The van der Waals surface area contributed by atoms with Gasteiger partial charge in [0.25, 0.3) is 5.91 Å². The lowest BCUT2D eigenvalue weighted by Crippen LogP contribution is -2.22. The summed E-state index contributed by atoms with van der Waals surface area (Å²) in [7, 11) is 0. The topological polar surface area (TPSA) is 88.2 Å². The van der Waals surface area contributed by atoms with Crippen LogP contribution in [0.5, 0.6) is 0 Å². The van der Waals surface area contributed by atoms with Gasteiger partial charge in [-0.05, 0) is 43.5 Å². The van der Waals surface area contributed by atoms with Crippen molar-refractivity contribution < 1.29 is 14.4 Å². The van der Waals surface area contributed by atoms with E-state index in [1.165, 1.54) is 16.9 Å². The molecule has 1 atom stereocenters. The number of hydrogen-bond donors (Lipinski definition) is 2. The third-order valence-corrected chi connectivity index (χ3v) is 5.90. The molecule has 30 heavy (non-hydrogen) atoms. The van der Waals surface area contributed by atoms with Crippen LogP contribution in [-0.2, 0) is 16.0 Å². The first-order valence-corrected chi connectivity index (χ1v) is 10.5. The van der Waals surface area contributed by atoms with Crippen LogP contribution in [0.2, 0.25) is 0 Å². The van der Waals surface area contributed by atoms with Gasteiger partial charge in [-0.3, -0.25) is 25.0 Å². The Kier molecular flexibility index (Phi) is 5.46. The number of carbonyl (C=O) groups excluding carboxylic acids is 3. The average molecular weight is 420 g/mol. The summed E-state index contributed by atoms with van der Waals surface area (Å²) in [6, 6.07) is 13.3. The van der Waals surface area contributed by atoms with Gasteiger partial charge in [-0.15, -0.1) is 11.3 Å². The summed E-state index contributed by atoms with van der Waals surface area (Å²) in [5.74, 6) is -1.04. The molecule has 2 heterocycles. The summed E-state index contributed by atoms with van der Waals surface area (Å²) in [5, 5.41) is 7.64. The highest BCUT2D eigenvalue weighted by molar-refractivity contribution is 7.14. The molecule has 1 saturated heterocycles. The number of hydrogen-bond acceptors (Lipinski definition) is 5. The minimum atomic E-state index is -0.337. The molecule has 1 fully saturated rings. The number of thiazole rings is 1. The monoisotopic (exact) mass is 419 g/mol. The zero-order chi connectivity index (χ0) is 21.3. The van der Waals surface area contributed by atoms with Crippen LogP contribution >= 0.6 is 11.3 Å². The largest absolute Gasteiger partial charge is 0.298 e. The van der Waals surface area contributed by atoms with E-state index >= 15 is 0 Å². The van der Waals surface area contributed by atoms with Crippen LogP contribution in [-0.4, -0.2) is 22.7 Å². The van der Waals surface area contributed by atoms with Crippen molar-refractivity contribution in [2.75, 3.05) is 5.32 Å². The van der Waals surface area contributed by atoms with E-state index in [-0.39, 0.29) is 30.1 Å². The maximum absolute atomic E-state index is 12.6. The SMILES string of the molecule is Cc1ccc(-c2csc(NC(=O)c3ccc(C[C@H]4CC(=O)NC4=O)cc3)n2)c(C)c1. The van der Waals surface area contributed by atoms with E-state index in [1.54, 1.807) is 12.1 Å². The number of benzene rings is 2. The van der Waals surface area contributed by atoms with Gasteiger partial charge in [0.05, 0.1) is 11.6 Å². The molecule has 0 saturated carbocycles. The fourth-order valence-electron chi connectivity index (χ4n) is 3.57. The van der Waals surface area contributed by atoms with Gasteiger partial charge in [-0.1, -0.05) is 35.9 Å². The van der Waals surface area contributed by atoms with E-state index in [4.69, 9.17) is 0 Å². The molecule has 1 aliphatic heterocycles. The molecule has 3 aromatic rings. The highest BCUT2D eigenvalue weighted by Gasteiger charge is 2.30. The minimum absolute atomic E-state index is 0.216. The molecule has 7 heteroatoms. The Morgan fingerprint density at radius 3 is 2.60 bits per heavy atom. The van der Waals surface area contributed by atoms with Crippen molar-refractivity contribution in [1.82, 2.24) is 10.3 Å². The van der Waals surface area contributed by atoms with Gasteiger partial charge in [0.15, 0.2) is 5.13 Å². The smallest absolute Gasteiger partial charge is 0.257 e. The number of nitrogens with one attached hydrogen (secondary N) is 2. The Bertz CT molecular complexity index is 1130. The number of aromatic nitrogens is 1. The van der Waals surface area contributed by atoms with Crippen LogP contribution in [0.15, 0.2) is 47.8 Å². The zero-order valence-electron chi connectivity index (χ0n) is 16.7. The maximum Gasteiger partial charge on any atom is 0.257 e. The third-order valence-electron chi connectivity index (χ3n) is 5.15. The first-order chi connectivity index (χ1) is 14.4. The van der Waals surface area contributed by atoms with E-state index < -0.39 is 0 Å². The highest BCUT2D eigenvalue weighted by Crippen LogP contribution is 2.28. The van der Waals surface area contributed by atoms with Crippen molar-refractivity contribution in [3.8, 4) is 11.3 Å². The third kappa shape index (κ3) is 4.31. The second-order valence-electron chi connectivity index (χ2n) is 7.52. The molecule has 2 N–H and O–H groups in total. The summed E-state index contributed by atoms with van der Waals surface area (Å²) in [6.07, 6.45) is 0.694. The molecule has 6 nitrogen and oxygen atoms in total. The average Bonchev–Trinajstić information content (AvgIpc) is 3.28. The number of anilines is 1. The summed E-state index contributed by atoms with van der Waals surface area (Å²) in [4.78, 5) is 40.1. The van der Waals surface area contributed by atoms with Crippen LogP contribution < -0.4 is 10.6 Å². The van der Waals surface area contributed by atoms with E-state index in [1.807, 2.05) is 36.6 Å². The Balaban J connectivity index is 1.41. The van der Waals surface area contributed by atoms with Gasteiger partial charge >= 0.3 is 0 Å². The fourth-order valence-corrected chi connectivity index (χ4v) is 4.28. The molecule has 1 aliphatic rings. The van der Waals surface area contributed by atoms with Gasteiger partial charge in [-0.25, -0.2) is 4.98 Å². The Labute approximate surface area is 178 Å². The van der Waals surface area contributed by atoms with Crippen molar-refractivity contribution in [3.05, 3.63) is 70.1 Å². The Morgan fingerprint density at radius 2 is 1.93 bits per heavy atom. The quantitative estimate of drug-likeness (QED) is 0.614. The fraction of sp³-hybridized carbons (Fsp3) is 0.217. The lowest BCUT2D eigenvalue weighted by molar-refractivity contribution is -0.125.